The number of carbonyl (C=O) groups is 1. The molecule has 0 unspecified atom stereocenters. The molecule has 0 aliphatic heterocycles. The number of amides is 1. The molecule has 0 saturated heterocycles. The molecule has 0 radical (unpaired) electrons. The number of carbonyl (C=O) groups excluding carboxylic acids is 1. The van der Waals surface area contributed by atoms with Crippen LogP contribution in [0.15, 0.2) is 36.5 Å². The summed E-state index contributed by atoms with van der Waals surface area (Å²) < 4.78 is 43.2. The fraction of sp³-hybridized carbons (Fsp3) is 0.333. The van der Waals surface area contributed by atoms with Crippen molar-refractivity contribution in [2.45, 2.75) is 32.7 Å². The van der Waals surface area contributed by atoms with Crippen LogP contribution in [0.4, 0.5) is 13.2 Å². The quantitative estimate of drug-likeness (QED) is 0.740. The number of benzene rings is 1. The number of halogens is 4. The van der Waals surface area contributed by atoms with Gasteiger partial charge in [0, 0.05) is 19.8 Å². The first-order valence-corrected chi connectivity index (χ1v) is 8.19. The zero-order valence-corrected chi connectivity index (χ0v) is 15.2. The van der Waals surface area contributed by atoms with E-state index in [1.54, 1.807) is 7.05 Å². The first kappa shape index (κ1) is 20.0. The Hall–Kier alpha value is -2.28. The van der Waals surface area contributed by atoms with Crippen LogP contribution >= 0.6 is 11.6 Å². The lowest BCUT2D eigenvalue weighted by atomic mass is 10.1. The highest BCUT2D eigenvalue weighted by Crippen LogP contribution is 2.29. The van der Waals surface area contributed by atoms with Crippen molar-refractivity contribution in [3.63, 3.8) is 0 Å². The average molecular weight is 387 g/mol. The molecule has 0 N–H and O–H groups in total. The maximum Gasteiger partial charge on any atom is 0.416 e. The van der Waals surface area contributed by atoms with Gasteiger partial charge in [-0.3, -0.25) is 4.79 Å². The number of hydrogen-bond acceptors (Lipinski definition) is 3. The van der Waals surface area contributed by atoms with Gasteiger partial charge in [0.2, 0.25) is 5.88 Å². The highest BCUT2D eigenvalue weighted by molar-refractivity contribution is 6.32. The molecular weight excluding hydrogens is 369 g/mol. The molecule has 0 spiro atoms. The molecule has 0 bridgehead atoms. The Balaban J connectivity index is 2.08. The number of rotatable bonds is 5. The minimum Gasteiger partial charge on any atom is -0.474 e. The number of hydrogen-bond donors (Lipinski definition) is 0. The van der Waals surface area contributed by atoms with Crippen molar-refractivity contribution in [3.8, 4) is 5.88 Å². The number of alkyl halides is 3. The first-order valence-electron chi connectivity index (χ1n) is 7.81. The lowest BCUT2D eigenvalue weighted by Crippen LogP contribution is -2.26. The Bertz CT molecular complexity index is 777. The zero-order valence-electron chi connectivity index (χ0n) is 14.5. The molecule has 1 amide bonds. The summed E-state index contributed by atoms with van der Waals surface area (Å²) in [6, 6.07) is 6.13. The molecule has 140 valence electrons. The summed E-state index contributed by atoms with van der Waals surface area (Å²) in [5, 5.41) is 0.215. The van der Waals surface area contributed by atoms with E-state index in [1.807, 2.05) is 13.8 Å². The lowest BCUT2D eigenvalue weighted by Gasteiger charge is -2.18. The maximum atomic E-state index is 12.6. The van der Waals surface area contributed by atoms with Crippen LogP contribution in [0.3, 0.4) is 0 Å². The van der Waals surface area contributed by atoms with E-state index in [1.165, 1.54) is 29.3 Å². The van der Waals surface area contributed by atoms with E-state index in [9.17, 15) is 18.0 Å². The Morgan fingerprint density at radius 2 is 1.88 bits per heavy atom. The maximum absolute atomic E-state index is 12.6. The van der Waals surface area contributed by atoms with Gasteiger partial charge in [0.1, 0.15) is 5.02 Å². The second-order valence-corrected chi connectivity index (χ2v) is 6.44. The molecule has 0 aliphatic carbocycles. The third kappa shape index (κ3) is 5.11. The average Bonchev–Trinajstić information content (AvgIpc) is 2.55. The van der Waals surface area contributed by atoms with E-state index in [0.717, 1.165) is 12.1 Å². The Morgan fingerprint density at radius 1 is 1.27 bits per heavy atom. The fourth-order valence-electron chi connectivity index (χ4n) is 2.22. The van der Waals surface area contributed by atoms with Gasteiger partial charge in [-0.2, -0.15) is 13.2 Å². The van der Waals surface area contributed by atoms with Crippen LogP contribution in [0.5, 0.6) is 5.88 Å². The normalized spacial score (nSPS) is 11.5. The zero-order chi connectivity index (χ0) is 19.5. The van der Waals surface area contributed by atoms with E-state index in [2.05, 4.69) is 4.98 Å². The summed E-state index contributed by atoms with van der Waals surface area (Å²) in [6.07, 6.45) is -3.14. The van der Waals surface area contributed by atoms with E-state index in [0.29, 0.717) is 5.56 Å². The highest BCUT2D eigenvalue weighted by Gasteiger charge is 2.30. The molecule has 0 atom stereocenters. The third-order valence-electron chi connectivity index (χ3n) is 3.45. The molecule has 1 heterocycles. The topological polar surface area (TPSA) is 42.4 Å². The smallest absolute Gasteiger partial charge is 0.416 e. The summed E-state index contributed by atoms with van der Waals surface area (Å²) >= 11 is 6.08. The third-order valence-corrected chi connectivity index (χ3v) is 3.72. The van der Waals surface area contributed by atoms with Gasteiger partial charge in [0.25, 0.3) is 5.91 Å². The van der Waals surface area contributed by atoms with E-state index < -0.39 is 11.7 Å². The monoisotopic (exact) mass is 386 g/mol. The van der Waals surface area contributed by atoms with Gasteiger partial charge < -0.3 is 9.64 Å². The van der Waals surface area contributed by atoms with Crippen molar-refractivity contribution in [2.75, 3.05) is 7.05 Å². The van der Waals surface area contributed by atoms with Crippen LogP contribution in [0.2, 0.25) is 5.02 Å². The standard InChI is InChI=1S/C18H18ClF3N2O2/c1-11(2)26-16-15(19)8-13(9-23-16)17(25)24(3)10-12-4-6-14(7-5-12)18(20,21)22/h4-9,11H,10H2,1-3H3. The first-order chi connectivity index (χ1) is 12.1. The molecule has 1 aromatic heterocycles. The van der Waals surface area contributed by atoms with Gasteiger partial charge in [0.05, 0.1) is 17.2 Å². The minimum absolute atomic E-state index is 0.108. The predicted molar refractivity (Wildman–Crippen MR) is 92.3 cm³/mol. The number of aromatic nitrogens is 1. The van der Waals surface area contributed by atoms with Gasteiger partial charge in [-0.1, -0.05) is 23.7 Å². The number of nitrogens with zero attached hydrogens (tertiary/aromatic N) is 2. The Labute approximate surface area is 154 Å². The van der Waals surface area contributed by atoms with Gasteiger partial charge in [-0.25, -0.2) is 4.98 Å². The second-order valence-electron chi connectivity index (χ2n) is 6.03. The van der Waals surface area contributed by atoms with Crippen molar-refractivity contribution in [1.29, 1.82) is 0 Å². The van der Waals surface area contributed by atoms with Crippen LogP contribution in [0, 0.1) is 0 Å². The van der Waals surface area contributed by atoms with E-state index >= 15 is 0 Å². The summed E-state index contributed by atoms with van der Waals surface area (Å²) in [5.74, 6) is -0.112. The van der Waals surface area contributed by atoms with Gasteiger partial charge in [0.15, 0.2) is 0 Å². The number of pyridine rings is 1. The lowest BCUT2D eigenvalue weighted by molar-refractivity contribution is -0.137. The molecule has 0 saturated carbocycles. The van der Waals surface area contributed by atoms with Crippen LogP contribution in [0.25, 0.3) is 0 Å². The SMILES string of the molecule is CC(C)Oc1ncc(C(=O)N(C)Cc2ccc(C(F)(F)F)cc2)cc1Cl. The predicted octanol–water partition coefficient (Wildman–Crippen LogP) is 4.81. The minimum atomic E-state index is -4.39. The Kier molecular flexibility index (Phi) is 6.13. The summed E-state index contributed by atoms with van der Waals surface area (Å²) in [4.78, 5) is 17.9. The largest absolute Gasteiger partial charge is 0.474 e. The van der Waals surface area contributed by atoms with Crippen LogP contribution in [-0.4, -0.2) is 28.9 Å². The number of ether oxygens (including phenoxy) is 1. The van der Waals surface area contributed by atoms with Crippen molar-refractivity contribution < 1.29 is 22.7 Å². The molecule has 8 heteroatoms. The molecule has 0 fully saturated rings. The molecule has 4 nitrogen and oxygen atoms in total. The molecule has 1 aromatic carbocycles. The van der Waals surface area contributed by atoms with Crippen LogP contribution < -0.4 is 4.74 Å². The van der Waals surface area contributed by atoms with Crippen molar-refractivity contribution in [1.82, 2.24) is 9.88 Å². The van der Waals surface area contributed by atoms with Crippen LogP contribution in [0.1, 0.15) is 35.3 Å². The van der Waals surface area contributed by atoms with Gasteiger partial charge in [-0.15, -0.1) is 0 Å². The fourth-order valence-corrected chi connectivity index (χ4v) is 2.43. The van der Waals surface area contributed by atoms with Crippen molar-refractivity contribution in [3.05, 3.63) is 58.2 Å². The van der Waals surface area contributed by atoms with Crippen molar-refractivity contribution >= 4 is 17.5 Å². The Morgan fingerprint density at radius 3 is 2.38 bits per heavy atom. The molecule has 26 heavy (non-hydrogen) atoms. The molecule has 2 rings (SSSR count). The van der Waals surface area contributed by atoms with Crippen LogP contribution in [-0.2, 0) is 12.7 Å². The molecule has 2 aromatic rings. The van der Waals surface area contributed by atoms with Gasteiger partial charge >= 0.3 is 6.18 Å². The second kappa shape index (κ2) is 7.95. The van der Waals surface area contributed by atoms with Gasteiger partial charge in [-0.05, 0) is 37.6 Å². The van der Waals surface area contributed by atoms with E-state index in [4.69, 9.17) is 16.3 Å². The molecule has 0 aliphatic rings. The van der Waals surface area contributed by atoms with Crippen molar-refractivity contribution in [2.24, 2.45) is 0 Å². The summed E-state index contributed by atoms with van der Waals surface area (Å²) in [6.45, 7) is 3.81. The van der Waals surface area contributed by atoms with E-state index in [-0.39, 0.29) is 35.0 Å². The summed E-state index contributed by atoms with van der Waals surface area (Å²) in [5.41, 5.74) is 0.111. The highest BCUT2D eigenvalue weighted by atomic mass is 35.5. The summed E-state index contributed by atoms with van der Waals surface area (Å²) in [7, 11) is 1.55. The molecular formula is C18H18ClF3N2O2.